The zero-order valence-electron chi connectivity index (χ0n) is 19.0. The van der Waals surface area contributed by atoms with E-state index in [9.17, 15) is 18.3 Å². The van der Waals surface area contributed by atoms with Gasteiger partial charge in [-0.25, -0.2) is 8.42 Å². The van der Waals surface area contributed by atoms with Crippen LogP contribution in [-0.2, 0) is 21.4 Å². The number of carboxylic acid groups (broad SMARTS) is 1. The van der Waals surface area contributed by atoms with E-state index in [1.807, 2.05) is 0 Å². The molecule has 0 radical (unpaired) electrons. The van der Waals surface area contributed by atoms with Crippen LogP contribution >= 0.6 is 0 Å². The summed E-state index contributed by atoms with van der Waals surface area (Å²) in [5.74, 6) is -0.751. The predicted octanol–water partition coefficient (Wildman–Crippen LogP) is 4.19. The number of rotatable bonds is 10. The maximum atomic E-state index is 11.6. The van der Waals surface area contributed by atoms with E-state index in [1.54, 1.807) is 0 Å². The molecule has 1 aliphatic rings. The van der Waals surface area contributed by atoms with Crippen molar-refractivity contribution in [1.82, 2.24) is 14.4 Å². The van der Waals surface area contributed by atoms with Gasteiger partial charge in [-0.15, -0.1) is 0 Å². The van der Waals surface area contributed by atoms with Crippen molar-refractivity contribution in [1.29, 1.82) is 0 Å². The molecule has 1 saturated carbocycles. The lowest BCUT2D eigenvalue weighted by Gasteiger charge is -2.48. The van der Waals surface area contributed by atoms with Crippen LogP contribution in [0.15, 0.2) is 4.52 Å². The summed E-state index contributed by atoms with van der Waals surface area (Å²) in [6, 6.07) is 0. The monoisotopic (exact) mass is 443 g/mol. The lowest BCUT2D eigenvalue weighted by atomic mass is 9.57. The molecular formula is C21H37N3O5S. The summed E-state index contributed by atoms with van der Waals surface area (Å²) in [6.45, 7) is 6.94. The third-order valence-corrected chi connectivity index (χ3v) is 8.06. The molecule has 0 aliphatic heterocycles. The van der Waals surface area contributed by atoms with Crippen molar-refractivity contribution >= 4 is 16.0 Å². The van der Waals surface area contributed by atoms with Crippen LogP contribution in [0.2, 0.25) is 0 Å². The van der Waals surface area contributed by atoms with E-state index in [4.69, 9.17) is 4.52 Å². The maximum absolute atomic E-state index is 11.6. The van der Waals surface area contributed by atoms with Gasteiger partial charge in [0.05, 0.1) is 19.2 Å². The van der Waals surface area contributed by atoms with Crippen LogP contribution in [0.4, 0.5) is 0 Å². The zero-order valence-corrected chi connectivity index (χ0v) is 19.8. The first-order chi connectivity index (χ1) is 13.8. The number of carbonyl (C=O) groups is 1. The van der Waals surface area contributed by atoms with E-state index in [1.165, 1.54) is 39.2 Å². The first-order valence-corrected chi connectivity index (χ1v) is 12.6. The first kappa shape index (κ1) is 24.8. The molecular weight excluding hydrogens is 406 g/mol. The van der Waals surface area contributed by atoms with E-state index in [2.05, 4.69) is 30.9 Å². The second-order valence-corrected chi connectivity index (χ2v) is 11.9. The molecule has 0 aromatic carbocycles. The molecule has 1 heterocycles. The van der Waals surface area contributed by atoms with E-state index in [0.717, 1.165) is 23.4 Å². The van der Waals surface area contributed by atoms with Gasteiger partial charge in [-0.3, -0.25) is 4.79 Å². The fraction of sp³-hybridized carbons (Fsp3) is 0.857. The molecule has 0 amide bonds. The maximum Gasteiger partial charge on any atom is 0.304 e. The van der Waals surface area contributed by atoms with E-state index in [-0.39, 0.29) is 41.4 Å². The van der Waals surface area contributed by atoms with Gasteiger partial charge in [-0.2, -0.15) is 9.29 Å². The molecule has 172 valence electrons. The number of hydrogen-bond acceptors (Lipinski definition) is 6. The Balaban J connectivity index is 2.07. The Bertz CT molecular complexity index is 807. The highest BCUT2D eigenvalue weighted by Gasteiger charge is 2.42. The van der Waals surface area contributed by atoms with Crippen molar-refractivity contribution in [2.24, 2.45) is 10.8 Å². The standard InChI is InChI=1S/C21H37N3O5S/c1-20(2,3)21(11-7-6-8-12-21)13-9-10-16(14-18(25)26)19-22-17(23-29-19)15-24(4)30(5,27)28/h16H,6-15H2,1-5H3,(H,25,26)/t16-/m1/s1. The minimum Gasteiger partial charge on any atom is -0.481 e. The summed E-state index contributed by atoms with van der Waals surface area (Å²) >= 11 is 0. The Kier molecular flexibility index (Phi) is 8.07. The SMILES string of the molecule is CN(Cc1noc([C@H](CCCC2(C(C)(C)C)CCCCC2)CC(=O)O)n1)S(C)(=O)=O. The highest BCUT2D eigenvalue weighted by atomic mass is 32.2. The summed E-state index contributed by atoms with van der Waals surface area (Å²) in [7, 11) is -1.92. The molecule has 0 spiro atoms. The van der Waals surface area contributed by atoms with Crippen LogP contribution in [0.5, 0.6) is 0 Å². The summed E-state index contributed by atoms with van der Waals surface area (Å²) in [6.07, 6.45) is 9.92. The molecule has 1 fully saturated rings. The summed E-state index contributed by atoms with van der Waals surface area (Å²) in [5, 5.41) is 13.2. The van der Waals surface area contributed by atoms with Crippen molar-refractivity contribution in [2.45, 2.75) is 91.0 Å². The number of nitrogens with zero attached hydrogens (tertiary/aromatic N) is 3. The number of carboxylic acids is 1. The molecule has 1 aromatic rings. The normalized spacial score (nSPS) is 18.5. The topological polar surface area (TPSA) is 114 Å². The Morgan fingerprint density at radius 3 is 2.43 bits per heavy atom. The van der Waals surface area contributed by atoms with E-state index >= 15 is 0 Å². The molecule has 0 bridgehead atoms. The van der Waals surface area contributed by atoms with Crippen molar-refractivity contribution in [2.75, 3.05) is 13.3 Å². The van der Waals surface area contributed by atoms with Gasteiger partial charge in [0.1, 0.15) is 0 Å². The molecule has 1 aromatic heterocycles. The van der Waals surface area contributed by atoms with Crippen LogP contribution in [0, 0.1) is 10.8 Å². The summed E-state index contributed by atoms with van der Waals surface area (Å²) in [5.41, 5.74) is 0.501. The number of hydrogen-bond donors (Lipinski definition) is 1. The van der Waals surface area contributed by atoms with Crippen LogP contribution < -0.4 is 0 Å². The Labute approximate surface area is 180 Å². The van der Waals surface area contributed by atoms with Gasteiger partial charge in [0.15, 0.2) is 5.82 Å². The molecule has 0 saturated heterocycles. The van der Waals surface area contributed by atoms with Crippen molar-refractivity contribution in [3.8, 4) is 0 Å². The quantitative estimate of drug-likeness (QED) is 0.577. The molecule has 9 heteroatoms. The number of aromatic nitrogens is 2. The second kappa shape index (κ2) is 9.77. The van der Waals surface area contributed by atoms with Gasteiger partial charge >= 0.3 is 5.97 Å². The van der Waals surface area contributed by atoms with Gasteiger partial charge in [-0.1, -0.05) is 51.6 Å². The van der Waals surface area contributed by atoms with Crippen LogP contribution in [-0.4, -0.2) is 47.2 Å². The van der Waals surface area contributed by atoms with Gasteiger partial charge < -0.3 is 9.63 Å². The zero-order chi connectivity index (χ0) is 22.6. The Morgan fingerprint density at radius 2 is 1.90 bits per heavy atom. The van der Waals surface area contributed by atoms with Gasteiger partial charge in [0, 0.05) is 13.0 Å². The van der Waals surface area contributed by atoms with Crippen molar-refractivity contribution < 1.29 is 22.8 Å². The average molecular weight is 444 g/mol. The summed E-state index contributed by atoms with van der Waals surface area (Å²) < 4.78 is 29.6. The van der Waals surface area contributed by atoms with Gasteiger partial charge in [0.25, 0.3) is 0 Å². The average Bonchev–Trinajstić information content (AvgIpc) is 3.08. The van der Waals surface area contributed by atoms with Crippen molar-refractivity contribution in [3.05, 3.63) is 11.7 Å². The van der Waals surface area contributed by atoms with E-state index in [0.29, 0.717) is 6.42 Å². The highest BCUT2D eigenvalue weighted by Crippen LogP contribution is 2.53. The molecule has 1 N–H and O–H groups in total. The molecule has 1 atom stereocenters. The first-order valence-electron chi connectivity index (χ1n) is 10.8. The Hall–Kier alpha value is -1.48. The molecule has 0 unspecified atom stereocenters. The third kappa shape index (κ3) is 6.51. The van der Waals surface area contributed by atoms with Crippen LogP contribution in [0.3, 0.4) is 0 Å². The molecule has 2 rings (SSSR count). The minimum atomic E-state index is -3.36. The fourth-order valence-electron chi connectivity index (χ4n) is 4.63. The van der Waals surface area contributed by atoms with Gasteiger partial charge in [0.2, 0.25) is 15.9 Å². The largest absolute Gasteiger partial charge is 0.481 e. The highest BCUT2D eigenvalue weighted by molar-refractivity contribution is 7.88. The predicted molar refractivity (Wildman–Crippen MR) is 114 cm³/mol. The van der Waals surface area contributed by atoms with Crippen LogP contribution in [0.1, 0.15) is 96.2 Å². The molecule has 30 heavy (non-hydrogen) atoms. The van der Waals surface area contributed by atoms with Crippen LogP contribution in [0.25, 0.3) is 0 Å². The Morgan fingerprint density at radius 1 is 1.27 bits per heavy atom. The smallest absolute Gasteiger partial charge is 0.304 e. The lowest BCUT2D eigenvalue weighted by molar-refractivity contribution is -0.137. The summed E-state index contributed by atoms with van der Waals surface area (Å²) in [4.78, 5) is 15.7. The van der Waals surface area contributed by atoms with Crippen molar-refractivity contribution in [3.63, 3.8) is 0 Å². The second-order valence-electron chi connectivity index (χ2n) is 9.85. The van der Waals surface area contributed by atoms with Gasteiger partial charge in [-0.05, 0) is 36.5 Å². The minimum absolute atomic E-state index is 0.00470. The molecule has 1 aliphatic carbocycles. The number of aliphatic carboxylic acids is 1. The third-order valence-electron chi connectivity index (χ3n) is 6.79. The lowest BCUT2D eigenvalue weighted by Crippen LogP contribution is -2.37. The van der Waals surface area contributed by atoms with E-state index < -0.39 is 16.0 Å². The fourth-order valence-corrected chi connectivity index (χ4v) is 4.98. The number of sulfonamides is 1. The molecule has 8 nitrogen and oxygen atoms in total.